The maximum atomic E-state index is 4.43. The molecule has 0 unspecified atom stereocenters. The Morgan fingerprint density at radius 2 is 1.25 bits per heavy atom. The van der Waals surface area contributed by atoms with E-state index in [1.807, 2.05) is 23.5 Å². The van der Waals surface area contributed by atoms with E-state index >= 15 is 0 Å². The van der Waals surface area contributed by atoms with Crippen LogP contribution in [-0.4, -0.2) is 0 Å². The number of rotatable bonds is 1. The Morgan fingerprint density at radius 3 is 1.80 bits per heavy atom. The zero-order chi connectivity index (χ0) is 13.8. The van der Waals surface area contributed by atoms with Crippen molar-refractivity contribution in [2.75, 3.05) is 0 Å². The van der Waals surface area contributed by atoms with E-state index in [-0.39, 0.29) is 0 Å². The minimum Gasteiger partial charge on any atom is -0.175 e. The van der Waals surface area contributed by atoms with Crippen LogP contribution >= 0.6 is 36.2 Å². The van der Waals surface area contributed by atoms with Crippen LogP contribution in [0.15, 0.2) is 42.5 Å². The fourth-order valence-electron chi connectivity index (χ4n) is 2.48. The second-order valence-corrected chi connectivity index (χ2v) is 7.41. The highest BCUT2D eigenvalue weighted by Crippen LogP contribution is 2.26. The summed E-state index contributed by atoms with van der Waals surface area (Å²) in [6, 6.07) is 16.0. The van der Waals surface area contributed by atoms with E-state index in [9.17, 15) is 0 Å². The lowest BCUT2D eigenvalue weighted by Crippen LogP contribution is -1.93. The number of thiol groups is 1. The molecule has 2 aromatic carbocycles. The SMILES string of the molecule is SCc1cc2cc(c1)CSCc1cccc(c1)CSC2. The molecule has 1 aliphatic heterocycles. The van der Waals surface area contributed by atoms with Crippen LogP contribution in [0.4, 0.5) is 0 Å². The van der Waals surface area contributed by atoms with Gasteiger partial charge in [0.1, 0.15) is 0 Å². The van der Waals surface area contributed by atoms with Crippen LogP contribution in [0.5, 0.6) is 0 Å². The quantitative estimate of drug-likeness (QED) is 0.709. The Kier molecular flexibility index (Phi) is 5.03. The van der Waals surface area contributed by atoms with Crippen LogP contribution in [0.3, 0.4) is 0 Å². The maximum Gasteiger partial charge on any atom is 0.0188 e. The molecule has 2 aromatic rings. The Bertz CT molecular complexity index is 549. The van der Waals surface area contributed by atoms with Crippen molar-refractivity contribution in [2.24, 2.45) is 0 Å². The van der Waals surface area contributed by atoms with Gasteiger partial charge in [0.2, 0.25) is 0 Å². The Morgan fingerprint density at radius 1 is 0.750 bits per heavy atom. The summed E-state index contributed by atoms with van der Waals surface area (Å²) < 4.78 is 0. The van der Waals surface area contributed by atoms with Crippen molar-refractivity contribution >= 4 is 36.2 Å². The highest BCUT2D eigenvalue weighted by Gasteiger charge is 2.05. The minimum atomic E-state index is 0.829. The van der Waals surface area contributed by atoms with Crippen LogP contribution in [0.25, 0.3) is 0 Å². The van der Waals surface area contributed by atoms with Crippen molar-refractivity contribution in [1.82, 2.24) is 0 Å². The zero-order valence-corrected chi connectivity index (χ0v) is 13.9. The lowest BCUT2D eigenvalue weighted by Gasteiger charge is -2.11. The molecule has 0 atom stereocenters. The largest absolute Gasteiger partial charge is 0.175 e. The first kappa shape index (κ1) is 14.4. The summed E-state index contributed by atoms with van der Waals surface area (Å²) in [5.41, 5.74) is 7.11. The molecule has 3 heteroatoms. The van der Waals surface area contributed by atoms with Gasteiger partial charge in [-0.1, -0.05) is 42.5 Å². The summed E-state index contributed by atoms with van der Waals surface area (Å²) in [5.74, 6) is 5.19. The summed E-state index contributed by atoms with van der Waals surface area (Å²) in [7, 11) is 0. The summed E-state index contributed by atoms with van der Waals surface area (Å²) >= 11 is 8.43. The van der Waals surface area contributed by atoms with Gasteiger partial charge in [0.15, 0.2) is 0 Å². The topological polar surface area (TPSA) is 0 Å². The predicted octanol–water partition coefficient (Wildman–Crippen LogP) is 5.30. The molecular formula is C17H18S3. The molecule has 0 saturated heterocycles. The first-order valence-corrected chi connectivity index (χ1v) is 9.73. The van der Waals surface area contributed by atoms with Crippen molar-refractivity contribution in [3.63, 3.8) is 0 Å². The van der Waals surface area contributed by atoms with Gasteiger partial charge in [-0.15, -0.1) is 0 Å². The summed E-state index contributed by atoms with van der Waals surface area (Å²) in [6.45, 7) is 0. The van der Waals surface area contributed by atoms with Gasteiger partial charge in [0.25, 0.3) is 0 Å². The van der Waals surface area contributed by atoms with Crippen molar-refractivity contribution in [3.8, 4) is 0 Å². The number of benzene rings is 2. The second kappa shape index (κ2) is 6.97. The van der Waals surface area contributed by atoms with Gasteiger partial charge in [-0.25, -0.2) is 0 Å². The van der Waals surface area contributed by atoms with E-state index < -0.39 is 0 Å². The molecule has 0 aliphatic carbocycles. The van der Waals surface area contributed by atoms with E-state index in [0.717, 1.165) is 28.8 Å². The molecule has 0 radical (unpaired) electrons. The molecular weight excluding hydrogens is 300 g/mol. The Hall–Kier alpha value is -0.510. The monoisotopic (exact) mass is 318 g/mol. The van der Waals surface area contributed by atoms with Gasteiger partial charge in [-0.05, 0) is 27.8 Å². The first-order chi connectivity index (χ1) is 9.83. The van der Waals surface area contributed by atoms with Gasteiger partial charge in [0, 0.05) is 28.8 Å². The summed E-state index contributed by atoms with van der Waals surface area (Å²) in [6.07, 6.45) is 0. The molecule has 0 N–H and O–H groups in total. The van der Waals surface area contributed by atoms with Crippen molar-refractivity contribution in [2.45, 2.75) is 28.8 Å². The molecule has 0 nitrogen and oxygen atoms in total. The van der Waals surface area contributed by atoms with E-state index in [4.69, 9.17) is 0 Å². The lowest BCUT2D eigenvalue weighted by atomic mass is 10.1. The van der Waals surface area contributed by atoms with E-state index in [2.05, 4.69) is 55.1 Å². The number of fused-ring (bicyclic) bond motifs is 4. The lowest BCUT2D eigenvalue weighted by molar-refractivity contribution is 1.25. The molecule has 1 aliphatic rings. The van der Waals surface area contributed by atoms with Crippen LogP contribution in [0, 0.1) is 0 Å². The summed E-state index contributed by atoms with van der Waals surface area (Å²) in [5, 5.41) is 0. The molecule has 104 valence electrons. The average Bonchev–Trinajstić information content (AvgIpc) is 2.47. The van der Waals surface area contributed by atoms with Crippen LogP contribution in [0.2, 0.25) is 0 Å². The smallest absolute Gasteiger partial charge is 0.0188 e. The second-order valence-electron chi connectivity index (χ2n) is 5.12. The molecule has 0 fully saturated rings. The van der Waals surface area contributed by atoms with Gasteiger partial charge >= 0.3 is 0 Å². The number of hydrogen-bond acceptors (Lipinski definition) is 3. The van der Waals surface area contributed by atoms with Gasteiger partial charge in [-0.2, -0.15) is 36.2 Å². The molecule has 4 bridgehead atoms. The summed E-state index contributed by atoms with van der Waals surface area (Å²) in [4.78, 5) is 0. The number of hydrogen-bond donors (Lipinski definition) is 1. The van der Waals surface area contributed by atoms with Gasteiger partial charge < -0.3 is 0 Å². The highest BCUT2D eigenvalue weighted by atomic mass is 32.2. The number of thioether (sulfide) groups is 2. The molecule has 0 saturated carbocycles. The molecule has 1 heterocycles. The van der Waals surface area contributed by atoms with Crippen LogP contribution in [-0.2, 0) is 28.8 Å². The van der Waals surface area contributed by atoms with Crippen LogP contribution in [0.1, 0.15) is 27.8 Å². The van der Waals surface area contributed by atoms with Gasteiger partial charge in [0.05, 0.1) is 0 Å². The van der Waals surface area contributed by atoms with Crippen molar-refractivity contribution in [1.29, 1.82) is 0 Å². The fourth-order valence-corrected chi connectivity index (χ4v) is 4.50. The van der Waals surface area contributed by atoms with Gasteiger partial charge in [-0.3, -0.25) is 0 Å². The van der Waals surface area contributed by atoms with Crippen molar-refractivity contribution in [3.05, 3.63) is 70.3 Å². The third kappa shape index (κ3) is 3.78. The van der Waals surface area contributed by atoms with E-state index in [0.29, 0.717) is 0 Å². The average molecular weight is 319 g/mol. The Labute approximate surface area is 135 Å². The molecule has 20 heavy (non-hydrogen) atoms. The molecule has 3 rings (SSSR count). The highest BCUT2D eigenvalue weighted by molar-refractivity contribution is 7.98. The third-order valence-electron chi connectivity index (χ3n) is 3.36. The predicted molar refractivity (Wildman–Crippen MR) is 95.6 cm³/mol. The molecule has 0 aromatic heterocycles. The van der Waals surface area contributed by atoms with E-state index in [1.54, 1.807) is 0 Å². The fraction of sp³-hybridized carbons (Fsp3) is 0.294. The van der Waals surface area contributed by atoms with E-state index in [1.165, 1.54) is 27.8 Å². The molecule has 0 amide bonds. The maximum absolute atomic E-state index is 4.43. The Balaban J connectivity index is 1.86. The minimum absolute atomic E-state index is 0.829. The standard InChI is InChI=1S/C17H18S3/c18-8-15-5-16-7-17(6-15)12-20-10-14-3-1-2-13(4-14)9-19-11-16/h1-7,18H,8-12H2. The normalized spacial score (nSPS) is 15.2. The van der Waals surface area contributed by atoms with Crippen LogP contribution < -0.4 is 0 Å². The zero-order valence-electron chi connectivity index (χ0n) is 11.3. The molecule has 0 spiro atoms. The third-order valence-corrected chi connectivity index (χ3v) is 5.88. The first-order valence-electron chi connectivity index (χ1n) is 6.79. The van der Waals surface area contributed by atoms with Crippen molar-refractivity contribution < 1.29 is 0 Å².